The lowest BCUT2D eigenvalue weighted by molar-refractivity contribution is -0.465. The molecule has 1 spiro atoms. The van der Waals surface area contributed by atoms with Gasteiger partial charge in [-0.25, -0.2) is 10.5 Å². The van der Waals surface area contributed by atoms with Crippen molar-refractivity contribution in [3.05, 3.63) is 0 Å². The van der Waals surface area contributed by atoms with E-state index >= 15 is 0 Å². The van der Waals surface area contributed by atoms with Gasteiger partial charge in [-0.1, -0.05) is 5.04 Å². The molecule has 3 bridgehead atoms. The van der Waals surface area contributed by atoms with E-state index in [0.29, 0.717) is 0 Å². The van der Waals surface area contributed by atoms with E-state index in [9.17, 15) is 0 Å². The summed E-state index contributed by atoms with van der Waals surface area (Å²) >= 11 is 0. The number of hydrogen-bond acceptors (Lipinski definition) is 18. The standard InChI is InChI=1S/C12H36O10Si8.C5H25N5Si6.H2O3/c1-23(2)13-25(5,6)19-30-20-26(7,8)14-24(3,4)16-29(12,22-30)18-27(9,10)17-28(11,15-23)21-30;1-8-11-10-15(5)6-13(3)9(2)12-16(10)7-14(8)4;1-3-2/h1-12H3;6-7,13-16H,11-12H2,1-5H3;1-2H. The molecule has 0 radical (unpaired) electrons. The molecule has 0 saturated carbocycles. The van der Waals surface area contributed by atoms with Gasteiger partial charge in [0.05, 0.1) is 0 Å². The highest BCUT2D eigenvalue weighted by molar-refractivity contribution is 7.19. The first-order valence-corrected chi connectivity index (χ1v) is 49.8. The fraction of sp³-hybridized carbons (Fsp3) is 1.00. The molecule has 32 heteroatoms. The van der Waals surface area contributed by atoms with Gasteiger partial charge in [-0.15, -0.1) is 0 Å². The van der Waals surface area contributed by atoms with Crippen LogP contribution in [-0.2, 0) is 46.2 Å². The SMILES string of the molecule is CN1[SiH2]N2[SiH](C)N[SiH](C)N(C)[SiH2][SiH]2N[SiH]1C.C[Si]1(C)O[Si](C)(C)O[Si]23O[Si](C)(C)O[Si](C)(C)O[Si](C)(O[Si](C)(C)O[Si](C)(O1)O2)O3.OOO. The average molecular weight is 939 g/mol. The first-order valence-electron chi connectivity index (χ1n) is 16.6. The predicted octanol–water partition coefficient (Wildman–Crippen LogP) is -1.07. The zero-order valence-electron chi connectivity index (χ0n) is 32.5. The third-order valence-electron chi connectivity index (χ3n) is 8.05. The zero-order valence-corrected chi connectivity index (χ0v) is 47.9. The van der Waals surface area contributed by atoms with Crippen LogP contribution >= 0.6 is 0 Å². The van der Waals surface area contributed by atoms with Crippen LogP contribution in [0.5, 0.6) is 0 Å². The normalized spacial score (nSPS) is 42.9. The van der Waals surface area contributed by atoms with Gasteiger partial charge in [-0.2, -0.15) is 0 Å². The van der Waals surface area contributed by atoms with E-state index in [1.54, 1.807) is 0 Å². The summed E-state index contributed by atoms with van der Waals surface area (Å²) in [5.74, 6) is 0. The minimum Gasteiger partial charge on any atom is -0.416 e. The molecule has 0 amide bonds. The Morgan fingerprint density at radius 3 is 1.27 bits per heavy atom. The molecule has 6 unspecified atom stereocenters. The van der Waals surface area contributed by atoms with E-state index in [1.807, 2.05) is 78.6 Å². The van der Waals surface area contributed by atoms with Crippen LogP contribution in [0.2, 0.25) is 98.2 Å². The lowest BCUT2D eigenvalue weighted by atomic mass is 11.6. The van der Waals surface area contributed by atoms with Crippen LogP contribution in [0, 0.1) is 0 Å². The van der Waals surface area contributed by atoms with Gasteiger partial charge in [-0.05, 0) is 99.2 Å². The lowest BCUT2D eigenvalue weighted by Crippen LogP contribution is -2.79. The van der Waals surface area contributed by atoms with Crippen molar-refractivity contribution in [2.75, 3.05) is 14.1 Å². The average Bonchev–Trinajstić information content (AvgIpc) is 2.89. The van der Waals surface area contributed by atoms with Crippen molar-refractivity contribution < 1.29 is 56.7 Å². The predicted molar refractivity (Wildman–Crippen MR) is 221 cm³/mol. The largest absolute Gasteiger partial charge is 0.646 e. The van der Waals surface area contributed by atoms with E-state index in [-0.39, 0.29) is 19.0 Å². The summed E-state index contributed by atoms with van der Waals surface area (Å²) in [4.78, 5) is 0. The molecule has 0 aromatic carbocycles. The minimum atomic E-state index is -3.87. The Hall–Kier alpha value is 2.32. The second-order valence-corrected chi connectivity index (χ2v) is 63.3. The Kier molecular flexibility index (Phi) is 15.3. The van der Waals surface area contributed by atoms with Crippen LogP contribution in [0.1, 0.15) is 0 Å². The fourth-order valence-electron chi connectivity index (χ4n) is 6.91. The Morgan fingerprint density at radius 2 is 0.857 bits per heavy atom. The number of hydrogen-bond donors (Lipinski definition) is 4. The minimum absolute atomic E-state index is 0.0350. The Labute approximate surface area is 313 Å². The third-order valence-corrected chi connectivity index (χ3v) is 75.2. The van der Waals surface area contributed by atoms with Gasteiger partial charge in [0, 0.05) is 13.1 Å². The molecule has 5 aliphatic rings. The van der Waals surface area contributed by atoms with Gasteiger partial charge in [0.1, 0.15) is 9.20 Å². The number of rotatable bonds is 0. The highest BCUT2D eigenvalue weighted by Crippen LogP contribution is 2.42. The maximum Gasteiger partial charge on any atom is 0.646 e. The van der Waals surface area contributed by atoms with Crippen LogP contribution in [0.4, 0.5) is 0 Å². The zero-order chi connectivity index (χ0) is 37.6. The molecule has 4 N–H and O–H groups in total. The van der Waals surface area contributed by atoms with E-state index in [1.165, 1.54) is 0 Å². The molecule has 5 fully saturated rings. The van der Waals surface area contributed by atoms with E-state index < -0.39 is 105 Å². The smallest absolute Gasteiger partial charge is 0.416 e. The molecular weight excluding hydrogens is 875 g/mol. The summed E-state index contributed by atoms with van der Waals surface area (Å²) in [5, 5.41) is 15.5. The number of nitrogens with one attached hydrogen (secondary N) is 2. The summed E-state index contributed by atoms with van der Waals surface area (Å²) in [6.45, 7) is 30.7. The second-order valence-electron chi connectivity index (χ2n) is 15.6. The molecule has 18 nitrogen and oxygen atoms in total. The topological polar surface area (TPSA) is 176 Å². The second kappa shape index (κ2) is 16.4. The van der Waals surface area contributed by atoms with Crippen molar-refractivity contribution in [2.24, 2.45) is 0 Å². The summed E-state index contributed by atoms with van der Waals surface area (Å²) < 4.78 is 82.0. The first-order chi connectivity index (χ1) is 22.0. The molecule has 0 aromatic rings. The van der Waals surface area contributed by atoms with Gasteiger partial charge in [0.2, 0.25) is 0 Å². The van der Waals surface area contributed by atoms with Crippen molar-refractivity contribution in [1.82, 2.24) is 21.7 Å². The number of fused-ring (bicyclic) bond motifs is 3. The Morgan fingerprint density at radius 1 is 0.510 bits per heavy atom. The molecule has 5 aliphatic heterocycles. The van der Waals surface area contributed by atoms with Crippen molar-refractivity contribution in [1.29, 1.82) is 0 Å². The van der Waals surface area contributed by atoms with Gasteiger partial charge in [-0.3, -0.25) is 0 Å². The van der Waals surface area contributed by atoms with Gasteiger partial charge < -0.3 is 62.8 Å². The summed E-state index contributed by atoms with van der Waals surface area (Å²) in [7, 11) is -22.2. The van der Waals surface area contributed by atoms with Crippen molar-refractivity contribution in [3.63, 3.8) is 0 Å². The molecule has 0 aromatic heterocycles. The molecule has 5 rings (SSSR count). The van der Waals surface area contributed by atoms with E-state index in [4.69, 9.17) is 51.7 Å². The fourth-order valence-corrected chi connectivity index (χ4v) is 90.1. The molecule has 5 heterocycles. The Bertz CT molecular complexity index is 1090. The van der Waals surface area contributed by atoms with E-state index in [0.717, 1.165) is 0 Å². The molecular formula is C17H63N5O13Si14. The third kappa shape index (κ3) is 13.2. The van der Waals surface area contributed by atoms with Crippen LogP contribution in [0.25, 0.3) is 0 Å². The van der Waals surface area contributed by atoms with Crippen molar-refractivity contribution in [3.8, 4) is 0 Å². The maximum atomic E-state index is 6.63. The monoisotopic (exact) mass is 937 g/mol. The first kappa shape index (κ1) is 45.7. The molecule has 6 atom stereocenters. The van der Waals surface area contributed by atoms with Gasteiger partial charge in [0.15, 0.2) is 45.8 Å². The van der Waals surface area contributed by atoms with Gasteiger partial charge in [0.25, 0.3) is 0 Å². The van der Waals surface area contributed by atoms with Crippen LogP contribution < -0.4 is 9.30 Å². The maximum absolute atomic E-state index is 6.63. The molecule has 5 saturated heterocycles. The summed E-state index contributed by atoms with van der Waals surface area (Å²) in [5.41, 5.74) is 0. The summed E-state index contributed by atoms with van der Waals surface area (Å²) in [6.07, 6.45) is 0. The lowest BCUT2D eigenvalue weighted by Gasteiger charge is -2.55. The Balaban J connectivity index is 0.000000286. The van der Waals surface area contributed by atoms with Gasteiger partial charge >= 0.3 is 69.5 Å². The molecule has 290 valence electrons. The van der Waals surface area contributed by atoms with Crippen LogP contribution in [-0.4, -0.2) is 161 Å². The van der Waals surface area contributed by atoms with E-state index in [2.05, 4.69) is 60.4 Å². The molecule has 0 aliphatic carbocycles. The summed E-state index contributed by atoms with van der Waals surface area (Å²) in [6, 6.07) is 0. The quantitative estimate of drug-likeness (QED) is 0.131. The highest BCUT2D eigenvalue weighted by Gasteiger charge is 2.71. The van der Waals surface area contributed by atoms with Crippen molar-refractivity contribution in [2.45, 2.75) is 98.2 Å². The van der Waals surface area contributed by atoms with Crippen LogP contribution in [0.3, 0.4) is 0 Å². The van der Waals surface area contributed by atoms with Crippen LogP contribution in [0.15, 0.2) is 0 Å². The van der Waals surface area contributed by atoms with Crippen molar-refractivity contribution >= 4 is 125 Å². The number of nitrogens with zero attached hydrogens (tertiary/aromatic N) is 3. The highest BCUT2D eigenvalue weighted by atomic mass is 29.2. The molecule has 49 heavy (non-hydrogen) atoms.